The van der Waals surface area contributed by atoms with E-state index in [1.807, 2.05) is 30.3 Å². The standard InChI is InChI=1S/C26H25NO4S/c1-31-22-8-14(9-23-24(29)27-25(30)32-23)2-4-19(22)16-3-5-21(28)20(10-16)26-11-15-6-17(12-26)18(7-15)13-26/h2-5,8-10,15,17-18,28H,6-7,11-13H2,1H3,(H,27,29,30)/b23-9-. The zero-order valence-corrected chi connectivity index (χ0v) is 18.7. The number of carbonyl (C=O) groups is 2. The van der Waals surface area contributed by atoms with Crippen molar-refractivity contribution in [3.8, 4) is 22.6 Å². The number of rotatable bonds is 4. The highest BCUT2D eigenvalue weighted by atomic mass is 32.2. The number of carbonyl (C=O) groups excluding carboxylic acids is 2. The van der Waals surface area contributed by atoms with Gasteiger partial charge in [0, 0.05) is 11.1 Å². The Morgan fingerprint density at radius 3 is 2.53 bits per heavy atom. The smallest absolute Gasteiger partial charge is 0.290 e. The molecule has 4 aliphatic carbocycles. The van der Waals surface area contributed by atoms with Crippen LogP contribution in [0.25, 0.3) is 17.2 Å². The van der Waals surface area contributed by atoms with Crippen LogP contribution in [0.3, 0.4) is 0 Å². The van der Waals surface area contributed by atoms with Crippen LogP contribution in [-0.2, 0) is 10.2 Å². The second-order valence-corrected chi connectivity index (χ2v) is 10.8. The summed E-state index contributed by atoms with van der Waals surface area (Å²) in [5.74, 6) is 3.21. The van der Waals surface area contributed by atoms with Crippen molar-refractivity contribution in [2.75, 3.05) is 7.11 Å². The lowest BCUT2D eigenvalue weighted by atomic mass is 9.65. The van der Waals surface area contributed by atoms with Crippen molar-refractivity contribution in [2.45, 2.75) is 37.5 Å². The summed E-state index contributed by atoms with van der Waals surface area (Å²) < 4.78 is 5.69. The van der Waals surface area contributed by atoms with Crippen molar-refractivity contribution in [3.63, 3.8) is 0 Å². The number of phenols is 1. The first-order valence-corrected chi connectivity index (χ1v) is 12.0. The Morgan fingerprint density at radius 2 is 1.88 bits per heavy atom. The molecule has 2 N–H and O–H groups in total. The van der Waals surface area contributed by atoms with Crippen molar-refractivity contribution in [3.05, 3.63) is 52.4 Å². The van der Waals surface area contributed by atoms with E-state index < -0.39 is 0 Å². The second-order valence-electron chi connectivity index (χ2n) is 9.79. The molecular formula is C26H25NO4S. The summed E-state index contributed by atoms with van der Waals surface area (Å²) in [4.78, 5) is 23.7. The van der Waals surface area contributed by atoms with Gasteiger partial charge in [-0.1, -0.05) is 18.2 Å². The molecule has 7 rings (SSSR count). The Hall–Kier alpha value is -2.73. The van der Waals surface area contributed by atoms with Crippen LogP contribution in [0.2, 0.25) is 0 Å². The van der Waals surface area contributed by atoms with Gasteiger partial charge in [-0.3, -0.25) is 14.9 Å². The van der Waals surface area contributed by atoms with Crippen LogP contribution >= 0.6 is 11.8 Å². The first-order valence-electron chi connectivity index (χ1n) is 11.2. The van der Waals surface area contributed by atoms with E-state index in [1.54, 1.807) is 13.2 Å². The maximum absolute atomic E-state index is 11.9. The largest absolute Gasteiger partial charge is 0.508 e. The number of methoxy groups -OCH3 is 1. The van der Waals surface area contributed by atoms with Gasteiger partial charge < -0.3 is 9.84 Å². The van der Waals surface area contributed by atoms with E-state index in [2.05, 4.69) is 11.4 Å². The minimum Gasteiger partial charge on any atom is -0.508 e. The molecule has 2 aromatic rings. The molecule has 1 aliphatic heterocycles. The van der Waals surface area contributed by atoms with Gasteiger partial charge >= 0.3 is 0 Å². The number of nitrogens with one attached hydrogen (secondary N) is 1. The molecule has 0 aromatic heterocycles. The molecule has 32 heavy (non-hydrogen) atoms. The molecule has 1 heterocycles. The molecule has 5 aliphatic rings. The highest BCUT2D eigenvalue weighted by Crippen LogP contribution is 2.65. The molecule has 1 saturated heterocycles. The molecule has 2 atom stereocenters. The second kappa shape index (κ2) is 7.14. The molecule has 2 aromatic carbocycles. The number of benzene rings is 2. The number of ether oxygens (including phenoxy) is 1. The quantitative estimate of drug-likeness (QED) is 0.608. The average molecular weight is 448 g/mol. The zero-order valence-electron chi connectivity index (χ0n) is 17.9. The SMILES string of the molecule is COc1cc(/C=C2\SC(=O)NC2=O)ccc1-c1ccc(O)c(C23CC4CC(C2)C(C4)C3)c1. The van der Waals surface area contributed by atoms with Gasteiger partial charge in [0.25, 0.3) is 11.1 Å². The van der Waals surface area contributed by atoms with Crippen molar-refractivity contribution >= 4 is 29.0 Å². The van der Waals surface area contributed by atoms with Gasteiger partial charge in [-0.25, -0.2) is 0 Å². The van der Waals surface area contributed by atoms with Crippen LogP contribution in [0.4, 0.5) is 4.79 Å². The first kappa shape index (κ1) is 19.9. The monoisotopic (exact) mass is 447 g/mol. The Labute approximate surface area is 191 Å². The van der Waals surface area contributed by atoms with E-state index in [0.717, 1.165) is 51.8 Å². The number of hydrogen-bond acceptors (Lipinski definition) is 5. The van der Waals surface area contributed by atoms with Gasteiger partial charge in [0.15, 0.2) is 0 Å². The summed E-state index contributed by atoms with van der Waals surface area (Å²) in [6.07, 6.45) is 8.05. The van der Waals surface area contributed by atoms with E-state index in [1.165, 1.54) is 32.1 Å². The molecule has 2 amide bonds. The number of thioether (sulfide) groups is 1. The Bertz CT molecular complexity index is 1170. The van der Waals surface area contributed by atoms with Gasteiger partial charge in [0.2, 0.25) is 0 Å². The Balaban J connectivity index is 1.36. The van der Waals surface area contributed by atoms with E-state index in [-0.39, 0.29) is 16.6 Å². The van der Waals surface area contributed by atoms with E-state index in [9.17, 15) is 14.7 Å². The van der Waals surface area contributed by atoms with Crippen LogP contribution in [0.5, 0.6) is 11.5 Å². The van der Waals surface area contributed by atoms with E-state index >= 15 is 0 Å². The minimum atomic E-state index is -0.370. The molecule has 5 nitrogen and oxygen atoms in total. The summed E-state index contributed by atoms with van der Waals surface area (Å²) in [5.41, 5.74) is 3.98. The summed E-state index contributed by atoms with van der Waals surface area (Å²) in [7, 11) is 1.63. The molecule has 2 unspecified atom stereocenters. The van der Waals surface area contributed by atoms with E-state index in [0.29, 0.717) is 16.4 Å². The summed E-state index contributed by atoms with van der Waals surface area (Å²) in [6.45, 7) is 0. The van der Waals surface area contributed by atoms with Crippen LogP contribution in [-0.4, -0.2) is 23.4 Å². The highest BCUT2D eigenvalue weighted by Gasteiger charge is 2.57. The molecule has 0 radical (unpaired) electrons. The highest BCUT2D eigenvalue weighted by molar-refractivity contribution is 8.18. The molecule has 6 heteroatoms. The number of amides is 2. The molecular weight excluding hydrogens is 422 g/mol. The molecule has 0 spiro atoms. The zero-order chi connectivity index (χ0) is 22.0. The van der Waals surface area contributed by atoms with Gasteiger partial charge in [-0.2, -0.15) is 0 Å². The fourth-order valence-corrected chi connectivity index (χ4v) is 7.56. The lowest BCUT2D eigenvalue weighted by molar-refractivity contribution is -0.115. The predicted octanol–water partition coefficient (Wildman–Crippen LogP) is 5.47. The third-order valence-electron chi connectivity index (χ3n) is 7.97. The first-order chi connectivity index (χ1) is 15.4. The van der Waals surface area contributed by atoms with Crippen LogP contribution in [0.15, 0.2) is 41.3 Å². The van der Waals surface area contributed by atoms with Crippen LogP contribution in [0.1, 0.15) is 43.2 Å². The summed E-state index contributed by atoms with van der Waals surface area (Å²) in [6, 6.07) is 11.7. The third-order valence-corrected chi connectivity index (χ3v) is 8.78. The number of aromatic hydroxyl groups is 1. The summed E-state index contributed by atoms with van der Waals surface area (Å²) in [5, 5.41) is 12.7. The van der Waals surface area contributed by atoms with Gasteiger partial charge in [-0.05, 0) is 102 Å². The molecule has 164 valence electrons. The fourth-order valence-electron chi connectivity index (χ4n) is 6.88. The summed E-state index contributed by atoms with van der Waals surface area (Å²) >= 11 is 0.904. The third kappa shape index (κ3) is 3.07. The van der Waals surface area contributed by atoms with Gasteiger partial charge in [-0.15, -0.1) is 0 Å². The van der Waals surface area contributed by atoms with Crippen molar-refractivity contribution in [2.24, 2.45) is 17.8 Å². The maximum atomic E-state index is 11.9. The molecule has 4 bridgehead atoms. The van der Waals surface area contributed by atoms with E-state index in [4.69, 9.17) is 4.74 Å². The minimum absolute atomic E-state index is 0.119. The number of hydrogen-bond donors (Lipinski definition) is 2. The van der Waals surface area contributed by atoms with Gasteiger partial charge in [0.1, 0.15) is 11.5 Å². The maximum Gasteiger partial charge on any atom is 0.290 e. The normalized spacial score (nSPS) is 31.5. The van der Waals surface area contributed by atoms with Gasteiger partial charge in [0.05, 0.1) is 12.0 Å². The van der Waals surface area contributed by atoms with Crippen LogP contribution in [0, 0.1) is 17.8 Å². The van der Waals surface area contributed by atoms with Crippen molar-refractivity contribution < 1.29 is 19.4 Å². The Kier molecular flexibility index (Phi) is 4.44. The molecule has 4 saturated carbocycles. The fraction of sp³-hybridized carbons (Fsp3) is 0.385. The van der Waals surface area contributed by atoms with Crippen molar-refractivity contribution in [1.82, 2.24) is 5.32 Å². The average Bonchev–Trinajstić information content (AvgIpc) is 3.33. The lowest BCUT2D eigenvalue weighted by Crippen LogP contribution is -2.31. The number of imide groups is 1. The number of phenolic OH excluding ortho intramolecular Hbond substituents is 1. The Morgan fingerprint density at radius 1 is 1.09 bits per heavy atom. The molecule has 5 fully saturated rings. The van der Waals surface area contributed by atoms with Crippen molar-refractivity contribution in [1.29, 1.82) is 0 Å². The van der Waals surface area contributed by atoms with Crippen LogP contribution < -0.4 is 10.1 Å². The lowest BCUT2D eigenvalue weighted by Gasteiger charge is -2.39. The topological polar surface area (TPSA) is 75.6 Å². The predicted molar refractivity (Wildman–Crippen MR) is 124 cm³/mol.